The van der Waals surface area contributed by atoms with E-state index in [1.807, 2.05) is 7.05 Å². The molecule has 4 heteroatoms. The van der Waals surface area contributed by atoms with Crippen LogP contribution in [0.1, 0.15) is 0 Å². The minimum atomic E-state index is 0.688. The van der Waals surface area contributed by atoms with Gasteiger partial charge in [0.15, 0.2) is 0 Å². The van der Waals surface area contributed by atoms with E-state index in [4.69, 9.17) is 15.6 Å². The van der Waals surface area contributed by atoms with Crippen molar-refractivity contribution in [2.24, 2.45) is 0 Å². The summed E-state index contributed by atoms with van der Waals surface area (Å²) in [7, 11) is 13.7. The van der Waals surface area contributed by atoms with Gasteiger partial charge in [-0.15, -0.1) is 11.4 Å². The summed E-state index contributed by atoms with van der Waals surface area (Å²) >= 11 is 0. The lowest BCUT2D eigenvalue weighted by atomic mass is 9.54. The van der Waals surface area contributed by atoms with Gasteiger partial charge >= 0.3 is 0 Å². The second-order valence-corrected chi connectivity index (χ2v) is 1.46. The van der Waals surface area contributed by atoms with Gasteiger partial charge in [-0.3, -0.25) is 0 Å². The average Bonchev–Trinajstić information content (AvgIpc) is 1.68. The van der Waals surface area contributed by atoms with Crippen LogP contribution in [0.15, 0.2) is 11.4 Å². The summed E-state index contributed by atoms with van der Waals surface area (Å²) in [6, 6.07) is 0. The highest BCUT2D eigenvalue weighted by atomic mass is 14.8. The Morgan fingerprint density at radius 3 is 2.88 bits per heavy atom. The van der Waals surface area contributed by atoms with Gasteiger partial charge in [-0.25, -0.2) is 0 Å². The molecule has 5 radical (unpaired) electrons. The average molecular weight is 102 g/mol. The van der Waals surface area contributed by atoms with Gasteiger partial charge in [-0.05, 0) is 7.05 Å². The number of likely N-dealkylation sites (N-methyl/N-ethyl adjacent to an activating group) is 1. The van der Waals surface area contributed by atoms with Crippen molar-refractivity contribution in [3.63, 3.8) is 0 Å². The molecule has 0 aliphatic heterocycles. The largest absolute Gasteiger partial charge is 0.317 e. The maximum Gasteiger partial charge on any atom is 0.107 e. The monoisotopic (exact) mass is 102 g/mol. The van der Waals surface area contributed by atoms with Crippen molar-refractivity contribution in [1.82, 2.24) is 5.32 Å². The highest BCUT2D eigenvalue weighted by Gasteiger charge is 1.80. The number of rotatable bonds is 3. The van der Waals surface area contributed by atoms with Crippen LogP contribution in [0.3, 0.4) is 0 Å². The van der Waals surface area contributed by atoms with Crippen molar-refractivity contribution in [2.45, 2.75) is 0 Å². The van der Waals surface area contributed by atoms with E-state index in [2.05, 4.69) is 5.32 Å². The zero-order valence-electron chi connectivity index (χ0n) is 5.02. The van der Waals surface area contributed by atoms with Crippen LogP contribution >= 0.6 is 0 Å². The lowest BCUT2D eigenvalue weighted by molar-refractivity contribution is 0.910. The molecule has 0 rings (SSSR count). The van der Waals surface area contributed by atoms with E-state index in [0.717, 1.165) is 5.47 Å². The molecule has 1 nitrogen and oxygen atoms in total. The first-order valence-corrected chi connectivity index (χ1v) is 2.45. The van der Waals surface area contributed by atoms with Gasteiger partial charge in [0, 0.05) is 14.3 Å². The molecule has 8 heavy (non-hydrogen) atoms. The van der Waals surface area contributed by atoms with E-state index in [1.165, 1.54) is 7.17 Å². The van der Waals surface area contributed by atoms with Gasteiger partial charge < -0.3 is 5.32 Å². The molecule has 0 aromatic carbocycles. The molecule has 0 atom stereocenters. The van der Waals surface area contributed by atoms with Crippen molar-refractivity contribution in [2.75, 3.05) is 13.6 Å². The van der Waals surface area contributed by atoms with E-state index in [0.29, 0.717) is 6.54 Å². The molecule has 0 aliphatic carbocycles. The fraction of sp³-hybridized carbons (Fsp3) is 0.500. The van der Waals surface area contributed by atoms with Gasteiger partial charge in [-0.1, -0.05) is 0 Å². The first-order chi connectivity index (χ1) is 3.81. The van der Waals surface area contributed by atoms with Crippen molar-refractivity contribution in [3.05, 3.63) is 11.4 Å². The molecule has 0 aromatic heterocycles. The van der Waals surface area contributed by atoms with Crippen LogP contribution in [-0.2, 0) is 0 Å². The van der Waals surface area contributed by atoms with Crippen molar-refractivity contribution in [1.29, 1.82) is 0 Å². The lowest BCUT2D eigenvalue weighted by Crippen LogP contribution is -2.11. The summed E-state index contributed by atoms with van der Waals surface area (Å²) in [6.07, 6.45) is 0. The Balaban J connectivity index is 3.29. The van der Waals surface area contributed by atoms with Gasteiger partial charge in [-0.2, -0.15) is 0 Å². The minimum Gasteiger partial charge on any atom is -0.317 e. The fourth-order valence-electron chi connectivity index (χ4n) is 0.387. The molecule has 0 bridgehead atoms. The Morgan fingerprint density at radius 2 is 2.50 bits per heavy atom. The predicted molar refractivity (Wildman–Crippen MR) is 39.3 cm³/mol. The number of hydrogen-bond donors (Lipinski definition) is 1. The Morgan fingerprint density at radius 1 is 1.88 bits per heavy atom. The van der Waals surface area contributed by atoms with Crippen molar-refractivity contribution >= 4 is 22.8 Å². The third-order valence-corrected chi connectivity index (χ3v) is 0.691. The van der Waals surface area contributed by atoms with E-state index in [-0.39, 0.29) is 0 Å². The molecular weight excluding hydrogens is 94.5 g/mol. The van der Waals surface area contributed by atoms with Gasteiger partial charge in [0.2, 0.25) is 0 Å². The predicted octanol–water partition coefficient (Wildman–Crippen LogP) is -0.997. The van der Waals surface area contributed by atoms with Crippen LogP contribution in [0, 0.1) is 0 Å². The van der Waals surface area contributed by atoms with Crippen LogP contribution in [0.25, 0.3) is 0 Å². The molecule has 1 N–H and O–H groups in total. The zero-order chi connectivity index (χ0) is 6.41. The third kappa shape index (κ3) is 4.06. The Kier molecular flexibility index (Phi) is 4.97. The van der Waals surface area contributed by atoms with E-state index in [1.54, 1.807) is 5.98 Å². The molecule has 0 saturated carbocycles. The normalized spacial score (nSPS) is 11.4. The molecular formula is C4H7B3N. The zero-order valence-corrected chi connectivity index (χ0v) is 5.02. The summed E-state index contributed by atoms with van der Waals surface area (Å²) < 4.78 is 0. The lowest BCUT2D eigenvalue weighted by Gasteiger charge is -1.96. The second kappa shape index (κ2) is 5.04. The summed E-state index contributed by atoms with van der Waals surface area (Å²) in [5.74, 6) is 1.66. The first-order valence-electron chi connectivity index (χ1n) is 2.45. The Bertz CT molecular complexity index is 81.4. The van der Waals surface area contributed by atoms with Gasteiger partial charge in [0.25, 0.3) is 0 Å². The quantitative estimate of drug-likeness (QED) is 0.450. The topological polar surface area (TPSA) is 12.0 Å². The summed E-state index contributed by atoms with van der Waals surface area (Å²) in [6.45, 7) is 0.688. The van der Waals surface area contributed by atoms with Crippen molar-refractivity contribution < 1.29 is 0 Å². The van der Waals surface area contributed by atoms with E-state index < -0.39 is 0 Å². The second-order valence-electron chi connectivity index (χ2n) is 1.46. The van der Waals surface area contributed by atoms with Crippen LogP contribution in [-0.4, -0.2) is 36.3 Å². The van der Waals surface area contributed by atoms with Crippen molar-refractivity contribution in [3.8, 4) is 0 Å². The minimum absolute atomic E-state index is 0.688. The Hall–Kier alpha value is -0.105. The highest BCUT2D eigenvalue weighted by Crippen LogP contribution is 1.78. The maximum atomic E-state index is 5.38. The smallest absolute Gasteiger partial charge is 0.107 e. The summed E-state index contributed by atoms with van der Waals surface area (Å²) in [5.41, 5.74) is 0.745. The molecule has 37 valence electrons. The number of hydrogen-bond acceptors (Lipinski definition) is 1. The summed E-state index contributed by atoms with van der Waals surface area (Å²) in [4.78, 5) is 0. The van der Waals surface area contributed by atoms with Crippen LogP contribution in [0.4, 0.5) is 0 Å². The molecule has 0 amide bonds. The standard InChI is InChI=1S/C4H7B3N/c1-8-3-4(5)2-7-6/h2,8H,3H2,1H3/b4-2-. The maximum absolute atomic E-state index is 5.38. The van der Waals surface area contributed by atoms with Crippen LogP contribution < -0.4 is 5.32 Å². The van der Waals surface area contributed by atoms with E-state index >= 15 is 0 Å². The molecule has 0 aromatic rings. The fourth-order valence-corrected chi connectivity index (χ4v) is 0.387. The van der Waals surface area contributed by atoms with Crippen LogP contribution in [0.2, 0.25) is 0 Å². The molecule has 0 heterocycles. The highest BCUT2D eigenvalue weighted by molar-refractivity contribution is 6.92. The molecule has 0 fully saturated rings. The molecule has 0 spiro atoms. The van der Waals surface area contributed by atoms with Gasteiger partial charge in [0.05, 0.1) is 7.17 Å². The third-order valence-electron chi connectivity index (χ3n) is 0.691. The molecule has 0 aliphatic rings. The molecule has 0 unspecified atom stereocenters. The van der Waals surface area contributed by atoms with Gasteiger partial charge in [0.1, 0.15) is 7.85 Å². The number of nitrogens with one attached hydrogen (secondary N) is 1. The first kappa shape index (κ1) is 7.89. The molecule has 0 saturated heterocycles. The van der Waals surface area contributed by atoms with E-state index in [9.17, 15) is 0 Å². The Labute approximate surface area is 54.0 Å². The summed E-state index contributed by atoms with van der Waals surface area (Å²) in [5, 5.41) is 2.88. The SMILES string of the molecule is [B][B]/C=C(\[B])CNC. The van der Waals surface area contributed by atoms with Crippen LogP contribution in [0.5, 0.6) is 0 Å².